The van der Waals surface area contributed by atoms with Gasteiger partial charge in [0, 0.05) is 39.9 Å². The monoisotopic (exact) mass is 634 g/mol. The van der Waals surface area contributed by atoms with Crippen molar-refractivity contribution in [3.63, 3.8) is 0 Å². The Kier molecular flexibility index (Phi) is 6.99. The van der Waals surface area contributed by atoms with Crippen LogP contribution in [0.2, 0.25) is 0 Å². The van der Waals surface area contributed by atoms with E-state index in [4.69, 9.17) is 14.2 Å². The summed E-state index contributed by atoms with van der Waals surface area (Å²) in [7, 11) is 0. The van der Waals surface area contributed by atoms with Gasteiger partial charge in [0.1, 0.15) is 40.5 Å². The number of ketones is 4. The van der Waals surface area contributed by atoms with Gasteiger partial charge in [-0.05, 0) is 52.9 Å². The number of ether oxygens (including phenoxy) is 3. The number of allylic oxidation sites excluding steroid dienone is 2. The molecule has 0 radical (unpaired) electrons. The third kappa shape index (κ3) is 3.94. The number of Topliss-reactive ketones (excluding diaryl/α,β-unsaturated/α-hetero) is 4. The van der Waals surface area contributed by atoms with Gasteiger partial charge in [-0.15, -0.1) is 0 Å². The molecular formula is C38H50O8. The smallest absolute Gasteiger partial charge is 0.175 e. The molecule has 1 saturated heterocycles. The molecule has 1 aromatic rings. The van der Waals surface area contributed by atoms with Crippen LogP contribution in [0.15, 0.2) is 11.3 Å². The zero-order valence-electron chi connectivity index (χ0n) is 29.6. The summed E-state index contributed by atoms with van der Waals surface area (Å²) >= 11 is 0. The van der Waals surface area contributed by atoms with Crippen LogP contribution in [0.4, 0.5) is 0 Å². The number of fused-ring (bicyclic) bond motifs is 5. The fourth-order valence-electron chi connectivity index (χ4n) is 9.72. The molecule has 0 spiro atoms. The Bertz CT molecular complexity index is 1630. The van der Waals surface area contributed by atoms with Crippen LogP contribution in [-0.2, 0) is 19.1 Å². The molecule has 3 heterocycles. The highest BCUT2D eigenvalue weighted by atomic mass is 16.6. The molecule has 2 aliphatic carbocycles. The number of hydrogen-bond acceptors (Lipinski definition) is 8. The average molecular weight is 635 g/mol. The number of hydrogen-bond donors (Lipinski definition) is 1. The third-order valence-corrected chi connectivity index (χ3v) is 11.9. The summed E-state index contributed by atoms with van der Waals surface area (Å²) < 4.78 is 20.3. The van der Waals surface area contributed by atoms with Crippen LogP contribution in [0.25, 0.3) is 0 Å². The van der Waals surface area contributed by atoms with E-state index in [1.165, 1.54) is 0 Å². The van der Waals surface area contributed by atoms with Crippen LogP contribution >= 0.6 is 0 Å². The number of carbonyl (C=O) groups is 4. The van der Waals surface area contributed by atoms with E-state index in [1.807, 2.05) is 48.5 Å². The molecule has 1 saturated carbocycles. The summed E-state index contributed by atoms with van der Waals surface area (Å²) in [5.74, 6) is -2.41. The van der Waals surface area contributed by atoms with Crippen LogP contribution in [-0.4, -0.2) is 46.6 Å². The van der Waals surface area contributed by atoms with Gasteiger partial charge in [0.2, 0.25) is 0 Å². The Labute approximate surface area is 272 Å². The van der Waals surface area contributed by atoms with Gasteiger partial charge in [0.25, 0.3) is 0 Å². The zero-order valence-corrected chi connectivity index (χ0v) is 29.6. The van der Waals surface area contributed by atoms with Gasteiger partial charge in [-0.25, -0.2) is 0 Å². The van der Waals surface area contributed by atoms with Crippen molar-refractivity contribution in [2.75, 3.05) is 0 Å². The van der Waals surface area contributed by atoms with Gasteiger partial charge in [0.05, 0.1) is 28.5 Å². The highest BCUT2D eigenvalue weighted by molar-refractivity contribution is 6.20. The summed E-state index contributed by atoms with van der Waals surface area (Å²) in [5, 5.41) is 12.4. The molecule has 0 aromatic heterocycles. The molecule has 46 heavy (non-hydrogen) atoms. The van der Waals surface area contributed by atoms with Crippen LogP contribution in [0.5, 0.6) is 17.2 Å². The topological polar surface area (TPSA) is 116 Å². The average Bonchev–Trinajstić information content (AvgIpc) is 3.11. The molecule has 8 heteroatoms. The predicted molar refractivity (Wildman–Crippen MR) is 172 cm³/mol. The lowest BCUT2D eigenvalue weighted by Crippen LogP contribution is -2.62. The van der Waals surface area contributed by atoms with Gasteiger partial charge in [-0.1, -0.05) is 55.4 Å². The molecule has 1 N–H and O–H groups in total. The second kappa shape index (κ2) is 9.77. The SMILES string of the molecule is CC(C)C(=O)c1c(O)c2c(c3c1OC1=C(C(=O)C(C)(C)C(=O)C1(C)C)[C@@H]3C(C)C)OC1C[C@H]3[C@H](O[C@H]1C)C(C)(C)C(=O)C(C)(C)[C@@H]23. The second-order valence-electron chi connectivity index (χ2n) is 17.3. The fraction of sp³-hybridized carbons (Fsp3) is 0.684. The lowest BCUT2D eigenvalue weighted by Gasteiger charge is -2.56. The number of phenolic OH excluding ortho intramolecular Hbond substituents is 1. The second-order valence-corrected chi connectivity index (χ2v) is 17.3. The number of carbonyl (C=O) groups excluding carboxylic acids is 4. The van der Waals surface area contributed by atoms with E-state index in [0.29, 0.717) is 28.9 Å². The van der Waals surface area contributed by atoms with Gasteiger partial charge in [0.15, 0.2) is 17.3 Å². The molecule has 8 nitrogen and oxygen atoms in total. The summed E-state index contributed by atoms with van der Waals surface area (Å²) in [6.45, 7) is 24.0. The fourth-order valence-corrected chi connectivity index (χ4v) is 9.72. The molecule has 250 valence electrons. The largest absolute Gasteiger partial charge is 0.507 e. The normalized spacial score (nSPS) is 33.1. The minimum Gasteiger partial charge on any atom is -0.507 e. The van der Waals surface area contributed by atoms with E-state index in [1.54, 1.807) is 41.5 Å². The van der Waals surface area contributed by atoms with E-state index in [-0.39, 0.29) is 63.9 Å². The Hall–Kier alpha value is -3.00. The van der Waals surface area contributed by atoms with Crippen molar-refractivity contribution in [3.8, 4) is 17.2 Å². The van der Waals surface area contributed by atoms with E-state index in [2.05, 4.69) is 0 Å². The summed E-state index contributed by atoms with van der Waals surface area (Å²) in [5.41, 5.74) is -2.82. The first-order valence-electron chi connectivity index (χ1n) is 16.9. The maximum Gasteiger partial charge on any atom is 0.175 e. The standard InChI is InChI=1S/C38H50O8/c1-15(2)20-21-28-23(25-18-14-19(45-28)17(5)44-31(18)37(10,11)33(42)35(25,6)7)27(40)24(26(39)16(3)4)29(21)46-32-22(20)30(41)36(8,9)34(43)38(32,12)13/h15-20,25,31,40H,14H2,1-13H3/t17-,18+,19?,20+,25+,31-/m0/s1. The van der Waals surface area contributed by atoms with E-state index < -0.39 is 51.6 Å². The highest BCUT2D eigenvalue weighted by Gasteiger charge is 2.65. The summed E-state index contributed by atoms with van der Waals surface area (Å²) in [4.78, 5) is 56.7. The molecular weight excluding hydrogens is 584 g/mol. The van der Waals surface area contributed by atoms with Gasteiger partial charge in [-0.2, -0.15) is 0 Å². The Balaban J connectivity index is 1.77. The van der Waals surface area contributed by atoms with Crippen LogP contribution in [0, 0.1) is 39.4 Å². The van der Waals surface area contributed by atoms with Crippen molar-refractivity contribution < 1.29 is 38.5 Å². The first-order valence-corrected chi connectivity index (χ1v) is 16.9. The maximum atomic E-state index is 14.4. The molecule has 1 unspecified atom stereocenters. The number of aromatic hydroxyl groups is 1. The minimum absolute atomic E-state index is 0.0140. The quantitative estimate of drug-likeness (QED) is 0.277. The van der Waals surface area contributed by atoms with Crippen molar-refractivity contribution in [3.05, 3.63) is 28.0 Å². The lowest BCUT2D eigenvalue weighted by molar-refractivity contribution is -0.200. The molecule has 2 bridgehead atoms. The van der Waals surface area contributed by atoms with E-state index >= 15 is 0 Å². The molecule has 0 amide bonds. The van der Waals surface area contributed by atoms with Crippen molar-refractivity contribution in [2.45, 2.75) is 127 Å². The Morgan fingerprint density at radius 1 is 0.848 bits per heavy atom. The third-order valence-electron chi connectivity index (χ3n) is 11.9. The first kappa shape index (κ1) is 32.9. The minimum atomic E-state index is -1.29. The van der Waals surface area contributed by atoms with E-state index in [0.717, 1.165) is 0 Å². The lowest BCUT2D eigenvalue weighted by atomic mass is 9.50. The number of benzene rings is 1. The molecule has 3 aliphatic heterocycles. The van der Waals surface area contributed by atoms with Crippen LogP contribution in [0.3, 0.4) is 0 Å². The summed E-state index contributed by atoms with van der Waals surface area (Å²) in [6, 6.07) is 0. The number of phenols is 1. The van der Waals surface area contributed by atoms with Gasteiger partial charge >= 0.3 is 0 Å². The van der Waals surface area contributed by atoms with E-state index in [9.17, 15) is 24.3 Å². The van der Waals surface area contributed by atoms with Gasteiger partial charge in [-0.3, -0.25) is 19.2 Å². The molecule has 6 rings (SSSR count). The number of rotatable bonds is 3. The maximum absolute atomic E-state index is 14.4. The molecule has 5 aliphatic rings. The van der Waals surface area contributed by atoms with Crippen molar-refractivity contribution in [1.29, 1.82) is 0 Å². The first-order chi connectivity index (χ1) is 21.0. The van der Waals surface area contributed by atoms with Crippen LogP contribution in [0.1, 0.15) is 130 Å². The van der Waals surface area contributed by atoms with Crippen molar-refractivity contribution in [1.82, 2.24) is 0 Å². The zero-order chi connectivity index (χ0) is 34.4. The van der Waals surface area contributed by atoms with Crippen molar-refractivity contribution >= 4 is 23.1 Å². The highest BCUT2D eigenvalue weighted by Crippen LogP contribution is 2.67. The van der Waals surface area contributed by atoms with Crippen LogP contribution < -0.4 is 9.47 Å². The molecule has 1 aromatic carbocycles. The van der Waals surface area contributed by atoms with Gasteiger partial charge < -0.3 is 19.3 Å². The Morgan fingerprint density at radius 2 is 1.46 bits per heavy atom. The predicted octanol–water partition coefficient (Wildman–Crippen LogP) is 7.09. The Morgan fingerprint density at radius 3 is 2.02 bits per heavy atom. The van der Waals surface area contributed by atoms with Crippen molar-refractivity contribution in [2.24, 2.45) is 39.4 Å². The summed E-state index contributed by atoms with van der Waals surface area (Å²) in [6.07, 6.45) is -0.585. The molecule has 2 fully saturated rings. The molecule has 6 atom stereocenters.